The first kappa shape index (κ1) is 13.2. The van der Waals surface area contributed by atoms with Crippen molar-refractivity contribution in [2.45, 2.75) is 6.54 Å². The summed E-state index contributed by atoms with van der Waals surface area (Å²) in [7, 11) is 1.52. The molecule has 0 bridgehead atoms. The Labute approximate surface area is 114 Å². The second kappa shape index (κ2) is 5.57. The molecule has 0 aliphatic heterocycles. The van der Waals surface area contributed by atoms with Crippen LogP contribution in [0, 0.1) is 0 Å². The fourth-order valence-corrected chi connectivity index (χ4v) is 1.72. The molecule has 0 radical (unpaired) electrons. The van der Waals surface area contributed by atoms with Gasteiger partial charge in [0.25, 0.3) is 0 Å². The van der Waals surface area contributed by atoms with Gasteiger partial charge in [0.1, 0.15) is 12.3 Å². The molecule has 0 atom stereocenters. The van der Waals surface area contributed by atoms with E-state index in [1.807, 2.05) is 0 Å². The number of halogens is 1. The van der Waals surface area contributed by atoms with E-state index in [9.17, 15) is 4.79 Å². The van der Waals surface area contributed by atoms with Gasteiger partial charge in [-0.25, -0.2) is 0 Å². The van der Waals surface area contributed by atoms with Crippen LogP contribution in [0.25, 0.3) is 0 Å². The van der Waals surface area contributed by atoms with E-state index in [2.05, 4.69) is 15.5 Å². The number of anilines is 2. The van der Waals surface area contributed by atoms with Crippen LogP contribution >= 0.6 is 11.6 Å². The Hall–Kier alpha value is -2.28. The van der Waals surface area contributed by atoms with Crippen molar-refractivity contribution in [3.05, 3.63) is 29.4 Å². The minimum Gasteiger partial charge on any atom is -0.495 e. The lowest BCUT2D eigenvalue weighted by atomic mass is 10.3. The van der Waals surface area contributed by atoms with Gasteiger partial charge in [-0.1, -0.05) is 11.6 Å². The van der Waals surface area contributed by atoms with Crippen molar-refractivity contribution in [1.82, 2.24) is 15.0 Å². The number of ether oxygens (including phenoxy) is 1. The van der Waals surface area contributed by atoms with Crippen LogP contribution in [0.4, 0.5) is 11.5 Å². The van der Waals surface area contributed by atoms with E-state index in [4.69, 9.17) is 22.1 Å². The van der Waals surface area contributed by atoms with Crippen LogP contribution < -0.4 is 15.8 Å². The second-order valence-electron chi connectivity index (χ2n) is 3.70. The van der Waals surface area contributed by atoms with Crippen molar-refractivity contribution in [2.24, 2.45) is 0 Å². The van der Waals surface area contributed by atoms with Crippen molar-refractivity contribution < 1.29 is 9.53 Å². The monoisotopic (exact) mass is 281 g/mol. The molecule has 0 saturated carbocycles. The summed E-state index contributed by atoms with van der Waals surface area (Å²) in [5.74, 6) is 0.526. The van der Waals surface area contributed by atoms with E-state index in [0.717, 1.165) is 0 Å². The molecule has 0 saturated heterocycles. The topological polar surface area (TPSA) is 95.1 Å². The van der Waals surface area contributed by atoms with E-state index in [1.165, 1.54) is 18.1 Å². The highest BCUT2D eigenvalue weighted by atomic mass is 35.5. The Morgan fingerprint density at radius 1 is 1.58 bits per heavy atom. The molecule has 0 aliphatic carbocycles. The lowest BCUT2D eigenvalue weighted by Crippen LogP contribution is -2.20. The van der Waals surface area contributed by atoms with E-state index in [0.29, 0.717) is 16.5 Å². The Morgan fingerprint density at radius 2 is 2.37 bits per heavy atom. The summed E-state index contributed by atoms with van der Waals surface area (Å²) >= 11 is 5.95. The highest BCUT2D eigenvalue weighted by Crippen LogP contribution is 2.27. The third-order valence-corrected chi connectivity index (χ3v) is 2.57. The number of nitrogens with two attached hydrogens (primary N) is 1. The highest BCUT2D eigenvalue weighted by Gasteiger charge is 2.07. The predicted molar refractivity (Wildman–Crippen MR) is 71.1 cm³/mol. The molecule has 1 heterocycles. The standard InChI is InChI=1S/C11H12ClN5O2/c1-19-9-3-2-7(4-8(9)12)15-11(18)6-17-14-5-10(13)16-17/h2-5H,6H2,1H3,(H2,13,16)(H,15,18). The van der Waals surface area contributed by atoms with Crippen LogP contribution in [-0.2, 0) is 11.3 Å². The molecule has 100 valence electrons. The maximum atomic E-state index is 11.7. The van der Waals surface area contributed by atoms with Crippen LogP contribution in [0.15, 0.2) is 24.4 Å². The number of nitrogens with zero attached hydrogens (tertiary/aromatic N) is 3. The number of rotatable bonds is 4. The summed E-state index contributed by atoms with van der Waals surface area (Å²) < 4.78 is 5.02. The van der Waals surface area contributed by atoms with Gasteiger partial charge in [0.2, 0.25) is 5.91 Å². The van der Waals surface area contributed by atoms with Crippen LogP contribution in [-0.4, -0.2) is 28.0 Å². The third-order valence-electron chi connectivity index (χ3n) is 2.27. The summed E-state index contributed by atoms with van der Waals surface area (Å²) in [6.07, 6.45) is 1.37. The zero-order chi connectivity index (χ0) is 13.8. The summed E-state index contributed by atoms with van der Waals surface area (Å²) in [6, 6.07) is 4.96. The van der Waals surface area contributed by atoms with Crippen LogP contribution in [0.5, 0.6) is 5.75 Å². The van der Waals surface area contributed by atoms with Crippen molar-refractivity contribution in [3.8, 4) is 5.75 Å². The van der Waals surface area contributed by atoms with Gasteiger partial charge >= 0.3 is 0 Å². The van der Waals surface area contributed by atoms with Gasteiger partial charge in [-0.05, 0) is 18.2 Å². The molecule has 0 fully saturated rings. The molecule has 2 aromatic rings. The Morgan fingerprint density at radius 3 is 2.95 bits per heavy atom. The number of carbonyl (C=O) groups excluding carboxylic acids is 1. The first-order valence-electron chi connectivity index (χ1n) is 5.37. The van der Waals surface area contributed by atoms with Gasteiger partial charge < -0.3 is 15.8 Å². The maximum absolute atomic E-state index is 11.7. The number of hydrogen-bond acceptors (Lipinski definition) is 5. The molecule has 1 aromatic heterocycles. The second-order valence-corrected chi connectivity index (χ2v) is 4.10. The molecule has 3 N–H and O–H groups in total. The number of aromatic nitrogens is 3. The molecule has 0 spiro atoms. The number of amides is 1. The molecule has 1 amide bonds. The fourth-order valence-electron chi connectivity index (χ4n) is 1.46. The van der Waals surface area contributed by atoms with Gasteiger partial charge in [-0.3, -0.25) is 4.79 Å². The minimum atomic E-state index is -0.281. The maximum Gasteiger partial charge on any atom is 0.247 e. The number of nitrogens with one attached hydrogen (secondary N) is 1. The summed E-state index contributed by atoms with van der Waals surface area (Å²) in [5, 5.41) is 10.7. The Kier molecular flexibility index (Phi) is 3.86. The van der Waals surface area contributed by atoms with Crippen molar-refractivity contribution >= 4 is 29.0 Å². The van der Waals surface area contributed by atoms with Crippen LogP contribution in [0.2, 0.25) is 5.02 Å². The van der Waals surface area contributed by atoms with Crippen LogP contribution in [0.3, 0.4) is 0 Å². The van der Waals surface area contributed by atoms with Gasteiger partial charge in [-0.2, -0.15) is 9.90 Å². The predicted octanol–water partition coefficient (Wildman–Crippen LogP) is 1.16. The smallest absolute Gasteiger partial charge is 0.247 e. The average Bonchev–Trinajstić information content (AvgIpc) is 2.74. The molecule has 2 rings (SSSR count). The van der Waals surface area contributed by atoms with E-state index in [-0.39, 0.29) is 18.3 Å². The van der Waals surface area contributed by atoms with Crippen molar-refractivity contribution in [2.75, 3.05) is 18.2 Å². The van der Waals surface area contributed by atoms with E-state index >= 15 is 0 Å². The number of nitrogen functional groups attached to an aromatic ring is 1. The number of benzene rings is 1. The zero-order valence-corrected chi connectivity index (χ0v) is 10.9. The third kappa shape index (κ3) is 3.35. The van der Waals surface area contributed by atoms with Crippen molar-refractivity contribution in [3.63, 3.8) is 0 Å². The summed E-state index contributed by atoms with van der Waals surface area (Å²) in [6.45, 7) is -0.0269. The van der Waals surface area contributed by atoms with Gasteiger partial charge in [0.15, 0.2) is 5.82 Å². The molecule has 0 aliphatic rings. The molecular weight excluding hydrogens is 270 g/mol. The number of methoxy groups -OCH3 is 1. The summed E-state index contributed by atoms with van der Waals surface area (Å²) in [5.41, 5.74) is 5.97. The Bertz CT molecular complexity index is 599. The van der Waals surface area contributed by atoms with Gasteiger partial charge in [0, 0.05) is 5.69 Å². The lowest BCUT2D eigenvalue weighted by Gasteiger charge is -2.07. The lowest BCUT2D eigenvalue weighted by molar-refractivity contribution is -0.117. The van der Waals surface area contributed by atoms with Gasteiger partial charge in [0.05, 0.1) is 18.3 Å². The number of carbonyl (C=O) groups is 1. The minimum absolute atomic E-state index is 0.0269. The van der Waals surface area contributed by atoms with Crippen LogP contribution in [0.1, 0.15) is 0 Å². The molecule has 1 aromatic carbocycles. The molecule has 8 heteroatoms. The van der Waals surface area contributed by atoms with Crippen molar-refractivity contribution in [1.29, 1.82) is 0 Å². The summed E-state index contributed by atoms with van der Waals surface area (Å²) in [4.78, 5) is 12.9. The first-order chi connectivity index (χ1) is 9.08. The molecule has 0 unspecified atom stereocenters. The van der Waals surface area contributed by atoms with E-state index in [1.54, 1.807) is 18.2 Å². The normalized spacial score (nSPS) is 10.2. The Balaban J connectivity index is 2.00. The first-order valence-corrected chi connectivity index (χ1v) is 5.75. The molecule has 19 heavy (non-hydrogen) atoms. The average molecular weight is 282 g/mol. The number of hydrogen-bond donors (Lipinski definition) is 2. The van der Waals surface area contributed by atoms with E-state index < -0.39 is 0 Å². The zero-order valence-electron chi connectivity index (χ0n) is 10.1. The highest BCUT2D eigenvalue weighted by molar-refractivity contribution is 6.32. The SMILES string of the molecule is COc1ccc(NC(=O)Cn2ncc(N)n2)cc1Cl. The molecular formula is C11H12ClN5O2. The van der Waals surface area contributed by atoms with Gasteiger partial charge in [-0.15, -0.1) is 5.10 Å². The fraction of sp³-hybridized carbons (Fsp3) is 0.182. The largest absolute Gasteiger partial charge is 0.495 e. The quantitative estimate of drug-likeness (QED) is 0.877. The molecule has 7 nitrogen and oxygen atoms in total.